The minimum Gasteiger partial charge on any atom is -0.455 e. The zero-order valence-electron chi connectivity index (χ0n) is 14.2. The van der Waals surface area contributed by atoms with Crippen molar-refractivity contribution in [2.24, 2.45) is 5.10 Å². The predicted octanol–water partition coefficient (Wildman–Crippen LogP) is 3.36. The molecule has 0 unspecified atom stereocenters. The molecule has 0 saturated carbocycles. The van der Waals surface area contributed by atoms with Crippen LogP contribution in [0.15, 0.2) is 58.3 Å². The maximum absolute atomic E-state index is 13.9. The summed E-state index contributed by atoms with van der Waals surface area (Å²) in [7, 11) is 0. The molecule has 0 aliphatic rings. The average molecular weight is 350 g/mol. The van der Waals surface area contributed by atoms with Crippen LogP contribution in [0, 0.1) is 19.7 Å². The van der Waals surface area contributed by atoms with E-state index in [1.54, 1.807) is 35.0 Å². The van der Waals surface area contributed by atoms with Crippen LogP contribution in [0.1, 0.15) is 17.1 Å². The van der Waals surface area contributed by atoms with Crippen molar-refractivity contribution in [3.8, 4) is 17.3 Å². The van der Waals surface area contributed by atoms with Gasteiger partial charge in [0.05, 0.1) is 17.5 Å². The lowest BCUT2D eigenvalue weighted by molar-refractivity contribution is 0.562. The van der Waals surface area contributed by atoms with E-state index in [2.05, 4.69) is 20.4 Å². The number of aryl methyl sites for hydroxylation is 2. The van der Waals surface area contributed by atoms with Gasteiger partial charge in [-0.3, -0.25) is 0 Å². The fraction of sp³-hybridized carbons (Fsp3) is 0.111. The highest BCUT2D eigenvalue weighted by atomic mass is 19.1. The standard InChI is InChI=1S/C18H15FN6O/c1-12-9-13(2)25(23-12)18-22-20-11-24(18)21-10-14-7-8-17(26-14)15-5-3-4-6-16(15)19/h3-11H,1-2H3/b21-10-. The fourth-order valence-corrected chi connectivity index (χ4v) is 2.62. The van der Waals surface area contributed by atoms with E-state index in [0.29, 0.717) is 23.0 Å². The third-order valence-corrected chi connectivity index (χ3v) is 3.79. The average Bonchev–Trinajstić information content (AvgIpc) is 3.33. The minimum absolute atomic E-state index is 0.337. The molecule has 26 heavy (non-hydrogen) atoms. The number of rotatable bonds is 4. The Kier molecular flexibility index (Phi) is 3.92. The molecular formula is C18H15FN6O. The number of hydrogen-bond donors (Lipinski definition) is 0. The van der Waals surface area contributed by atoms with Crippen molar-refractivity contribution in [1.82, 2.24) is 24.7 Å². The summed E-state index contributed by atoms with van der Waals surface area (Å²) in [5, 5.41) is 16.6. The largest absolute Gasteiger partial charge is 0.455 e. The van der Waals surface area contributed by atoms with Gasteiger partial charge in [0.1, 0.15) is 23.7 Å². The normalized spacial score (nSPS) is 11.5. The van der Waals surface area contributed by atoms with E-state index in [-0.39, 0.29) is 5.82 Å². The Bertz CT molecular complexity index is 1090. The van der Waals surface area contributed by atoms with Crippen LogP contribution in [0.2, 0.25) is 0 Å². The van der Waals surface area contributed by atoms with Crippen LogP contribution in [0.4, 0.5) is 4.39 Å². The van der Waals surface area contributed by atoms with Gasteiger partial charge < -0.3 is 4.42 Å². The van der Waals surface area contributed by atoms with Gasteiger partial charge in [0.15, 0.2) is 0 Å². The topological polar surface area (TPSA) is 74.0 Å². The summed E-state index contributed by atoms with van der Waals surface area (Å²) in [5.74, 6) is 1.05. The maximum Gasteiger partial charge on any atom is 0.273 e. The van der Waals surface area contributed by atoms with Crippen LogP contribution >= 0.6 is 0 Å². The summed E-state index contributed by atoms with van der Waals surface area (Å²) in [6.45, 7) is 3.83. The maximum atomic E-state index is 13.9. The van der Waals surface area contributed by atoms with Gasteiger partial charge >= 0.3 is 0 Å². The summed E-state index contributed by atoms with van der Waals surface area (Å²) >= 11 is 0. The number of furan rings is 1. The van der Waals surface area contributed by atoms with Crippen LogP contribution in [0.25, 0.3) is 17.3 Å². The summed E-state index contributed by atoms with van der Waals surface area (Å²) < 4.78 is 22.7. The fourth-order valence-electron chi connectivity index (χ4n) is 2.62. The van der Waals surface area contributed by atoms with E-state index in [0.717, 1.165) is 11.4 Å². The molecule has 1 aromatic carbocycles. The third kappa shape index (κ3) is 2.92. The summed E-state index contributed by atoms with van der Waals surface area (Å²) in [4.78, 5) is 0. The molecule has 0 atom stereocenters. The Morgan fingerprint density at radius 2 is 2.00 bits per heavy atom. The van der Waals surface area contributed by atoms with E-state index >= 15 is 0 Å². The minimum atomic E-state index is -0.337. The number of halogens is 1. The summed E-state index contributed by atoms with van der Waals surface area (Å²) in [6, 6.07) is 11.8. The zero-order chi connectivity index (χ0) is 18.1. The Morgan fingerprint density at radius 1 is 1.15 bits per heavy atom. The molecule has 3 heterocycles. The van der Waals surface area contributed by atoms with Crippen LogP contribution in [0.5, 0.6) is 0 Å². The van der Waals surface area contributed by atoms with Crippen LogP contribution in [-0.2, 0) is 0 Å². The van der Waals surface area contributed by atoms with Gasteiger partial charge in [-0.05, 0) is 44.2 Å². The van der Waals surface area contributed by atoms with E-state index in [1.807, 2.05) is 19.9 Å². The molecule has 0 amide bonds. The molecule has 0 N–H and O–H groups in total. The van der Waals surface area contributed by atoms with Gasteiger partial charge in [0.2, 0.25) is 0 Å². The quantitative estimate of drug-likeness (QED) is 0.529. The van der Waals surface area contributed by atoms with Crippen molar-refractivity contribution in [3.63, 3.8) is 0 Å². The first-order valence-electron chi connectivity index (χ1n) is 7.94. The Labute approximate surface area is 148 Å². The van der Waals surface area contributed by atoms with Gasteiger partial charge in [-0.15, -0.1) is 10.2 Å². The first-order valence-corrected chi connectivity index (χ1v) is 7.94. The predicted molar refractivity (Wildman–Crippen MR) is 93.7 cm³/mol. The van der Waals surface area contributed by atoms with Gasteiger partial charge in [-0.1, -0.05) is 12.1 Å². The molecular weight excluding hydrogens is 335 g/mol. The van der Waals surface area contributed by atoms with Gasteiger partial charge in [0.25, 0.3) is 5.95 Å². The van der Waals surface area contributed by atoms with Crippen molar-refractivity contribution in [1.29, 1.82) is 0 Å². The molecule has 4 aromatic rings. The number of hydrogen-bond acceptors (Lipinski definition) is 5. The van der Waals surface area contributed by atoms with Gasteiger partial charge in [0, 0.05) is 5.69 Å². The van der Waals surface area contributed by atoms with Crippen molar-refractivity contribution >= 4 is 6.21 Å². The van der Waals surface area contributed by atoms with E-state index < -0.39 is 0 Å². The highest BCUT2D eigenvalue weighted by Gasteiger charge is 2.11. The van der Waals surface area contributed by atoms with Crippen molar-refractivity contribution < 1.29 is 8.81 Å². The van der Waals surface area contributed by atoms with E-state index in [4.69, 9.17) is 4.42 Å². The molecule has 0 radical (unpaired) electrons. The first kappa shape index (κ1) is 15.9. The number of nitrogens with zero attached hydrogens (tertiary/aromatic N) is 6. The molecule has 3 aromatic heterocycles. The lowest BCUT2D eigenvalue weighted by Gasteiger charge is -2.01. The molecule has 0 saturated heterocycles. The van der Waals surface area contributed by atoms with Crippen molar-refractivity contribution in [3.05, 3.63) is 71.8 Å². The molecule has 0 spiro atoms. The molecule has 8 heteroatoms. The highest BCUT2D eigenvalue weighted by Crippen LogP contribution is 2.24. The second kappa shape index (κ2) is 6.40. The van der Waals surface area contributed by atoms with E-state index in [1.165, 1.54) is 23.3 Å². The SMILES string of the molecule is Cc1cc(C)n(-c2nncn2/N=C\c2ccc(-c3ccccc3F)o2)n1. The van der Waals surface area contributed by atoms with Gasteiger partial charge in [-0.25, -0.2) is 9.07 Å². The second-order valence-corrected chi connectivity index (χ2v) is 5.74. The van der Waals surface area contributed by atoms with Crippen LogP contribution in [0.3, 0.4) is 0 Å². The Hall–Kier alpha value is -3.55. The number of benzene rings is 1. The molecule has 0 bridgehead atoms. The molecule has 7 nitrogen and oxygen atoms in total. The van der Waals surface area contributed by atoms with Crippen LogP contribution < -0.4 is 0 Å². The summed E-state index contributed by atoms with van der Waals surface area (Å²) in [5.41, 5.74) is 2.20. The molecule has 0 aliphatic heterocycles. The molecule has 0 fully saturated rings. The first-order chi connectivity index (χ1) is 12.6. The lowest BCUT2D eigenvalue weighted by atomic mass is 10.1. The van der Waals surface area contributed by atoms with Crippen molar-refractivity contribution in [2.45, 2.75) is 13.8 Å². The third-order valence-electron chi connectivity index (χ3n) is 3.79. The Morgan fingerprint density at radius 3 is 2.77 bits per heavy atom. The summed E-state index contributed by atoms with van der Waals surface area (Å²) in [6.07, 6.45) is 2.99. The van der Waals surface area contributed by atoms with E-state index in [9.17, 15) is 4.39 Å². The number of aromatic nitrogens is 5. The lowest BCUT2D eigenvalue weighted by Crippen LogP contribution is -2.06. The Balaban J connectivity index is 1.62. The molecule has 4 rings (SSSR count). The monoisotopic (exact) mass is 350 g/mol. The smallest absolute Gasteiger partial charge is 0.273 e. The zero-order valence-corrected chi connectivity index (χ0v) is 14.2. The molecule has 0 aliphatic carbocycles. The highest BCUT2D eigenvalue weighted by molar-refractivity contribution is 5.77. The molecule has 130 valence electrons. The second-order valence-electron chi connectivity index (χ2n) is 5.74. The van der Waals surface area contributed by atoms with Crippen molar-refractivity contribution in [2.75, 3.05) is 0 Å². The van der Waals surface area contributed by atoms with Crippen LogP contribution in [-0.4, -0.2) is 30.9 Å². The van der Waals surface area contributed by atoms with Gasteiger partial charge in [-0.2, -0.15) is 14.9 Å².